The van der Waals surface area contributed by atoms with Crippen molar-refractivity contribution in [3.63, 3.8) is 0 Å². The molecule has 0 saturated heterocycles. The molecule has 4 rings (SSSR count). The molecule has 4 aromatic rings. The van der Waals surface area contributed by atoms with Gasteiger partial charge in [-0.2, -0.15) is 4.57 Å². The highest BCUT2D eigenvalue weighted by Crippen LogP contribution is 2.30. The Morgan fingerprint density at radius 2 is 1.10 bits per heavy atom. The molecule has 0 aliphatic carbocycles. The molecule has 0 saturated carbocycles. The normalized spacial score (nSPS) is 11.4. The van der Waals surface area contributed by atoms with E-state index in [1.165, 1.54) is 33.6 Å². The highest BCUT2D eigenvalue weighted by molar-refractivity contribution is 5.69. The van der Waals surface area contributed by atoms with Crippen molar-refractivity contribution in [1.29, 1.82) is 0 Å². The topological polar surface area (TPSA) is 3.88 Å². The smallest absolute Gasteiger partial charge is 0.191 e. The molecule has 0 unspecified atom stereocenters. The van der Waals surface area contributed by atoms with Crippen LogP contribution in [0.2, 0.25) is 0 Å². The molecule has 0 aliphatic rings. The van der Waals surface area contributed by atoms with Crippen LogP contribution in [0.4, 0.5) is 0 Å². The van der Waals surface area contributed by atoms with E-state index in [-0.39, 0.29) is 5.41 Å². The van der Waals surface area contributed by atoms with Gasteiger partial charge in [-0.1, -0.05) is 99.6 Å². The van der Waals surface area contributed by atoms with Gasteiger partial charge in [0.1, 0.15) is 0 Å². The lowest BCUT2D eigenvalue weighted by molar-refractivity contribution is -0.688. The monoisotopic (exact) mass is 378 g/mol. The summed E-state index contributed by atoms with van der Waals surface area (Å²) in [6.07, 6.45) is 0. The Hall–Kier alpha value is -3.19. The van der Waals surface area contributed by atoms with Crippen LogP contribution in [0.15, 0.2) is 103 Å². The molecule has 0 radical (unpaired) electrons. The van der Waals surface area contributed by atoms with Crippen LogP contribution < -0.4 is 4.57 Å². The average Bonchev–Trinajstić information content (AvgIpc) is 2.75. The van der Waals surface area contributed by atoms with Gasteiger partial charge in [0.25, 0.3) is 0 Å². The van der Waals surface area contributed by atoms with Crippen LogP contribution in [-0.2, 0) is 12.0 Å². The summed E-state index contributed by atoms with van der Waals surface area (Å²) < 4.78 is 2.48. The number of benzene rings is 3. The average molecular weight is 379 g/mol. The first-order chi connectivity index (χ1) is 14.0. The summed E-state index contributed by atoms with van der Waals surface area (Å²) in [4.78, 5) is 0. The van der Waals surface area contributed by atoms with Gasteiger partial charge in [0.05, 0.1) is 0 Å². The van der Waals surface area contributed by atoms with Crippen LogP contribution in [0, 0.1) is 0 Å². The summed E-state index contributed by atoms with van der Waals surface area (Å²) in [6, 6.07) is 36.8. The predicted molar refractivity (Wildman–Crippen MR) is 122 cm³/mol. The van der Waals surface area contributed by atoms with E-state index in [9.17, 15) is 0 Å². The zero-order valence-electron chi connectivity index (χ0n) is 17.5. The van der Waals surface area contributed by atoms with Gasteiger partial charge in [-0.3, -0.25) is 0 Å². The van der Waals surface area contributed by atoms with Gasteiger partial charge < -0.3 is 0 Å². The fourth-order valence-electron chi connectivity index (χ4n) is 3.82. The van der Waals surface area contributed by atoms with Crippen LogP contribution in [0.5, 0.6) is 0 Å². The maximum atomic E-state index is 2.48. The van der Waals surface area contributed by atoms with Gasteiger partial charge in [0.15, 0.2) is 12.2 Å². The third-order valence-corrected chi connectivity index (χ3v) is 5.29. The van der Waals surface area contributed by atoms with Crippen LogP contribution in [0.25, 0.3) is 22.4 Å². The molecule has 0 spiro atoms. The molecule has 0 fully saturated rings. The van der Waals surface area contributed by atoms with E-state index in [4.69, 9.17) is 0 Å². The first-order valence-corrected chi connectivity index (χ1v) is 10.3. The molecule has 3 aromatic carbocycles. The maximum absolute atomic E-state index is 2.48. The fourth-order valence-corrected chi connectivity index (χ4v) is 3.82. The quantitative estimate of drug-likeness (QED) is 0.350. The first-order valence-electron chi connectivity index (χ1n) is 10.3. The van der Waals surface area contributed by atoms with Crippen LogP contribution >= 0.6 is 0 Å². The summed E-state index contributed by atoms with van der Waals surface area (Å²) in [6.45, 7) is 7.75. The minimum Gasteiger partial charge on any atom is -0.191 e. The Kier molecular flexibility index (Phi) is 5.31. The molecule has 1 aromatic heterocycles. The largest absolute Gasteiger partial charge is 0.213 e. The molecule has 0 N–H and O–H groups in total. The summed E-state index contributed by atoms with van der Waals surface area (Å²) in [5, 5.41) is 0. The predicted octanol–water partition coefficient (Wildman–Crippen LogP) is 6.65. The lowest BCUT2D eigenvalue weighted by Gasteiger charge is -2.21. The van der Waals surface area contributed by atoms with Gasteiger partial charge in [0, 0.05) is 28.7 Å². The zero-order valence-corrected chi connectivity index (χ0v) is 17.5. The SMILES string of the molecule is CC(C)(C)c1cc(-c2ccccc2)cc(-c2ccccc2)[n+]1Cc1ccccc1. The molecular formula is C28H28N+. The number of pyridine rings is 1. The zero-order chi connectivity index (χ0) is 20.3. The third kappa shape index (κ3) is 4.30. The van der Waals surface area contributed by atoms with Crippen molar-refractivity contribution in [2.24, 2.45) is 0 Å². The van der Waals surface area contributed by atoms with Gasteiger partial charge >= 0.3 is 0 Å². The fraction of sp³-hybridized carbons (Fsp3) is 0.179. The van der Waals surface area contributed by atoms with E-state index < -0.39 is 0 Å². The Bertz CT molecular complexity index is 1080. The van der Waals surface area contributed by atoms with Crippen molar-refractivity contribution in [3.05, 3.63) is 114 Å². The molecule has 1 heterocycles. The second-order valence-electron chi connectivity index (χ2n) is 8.57. The standard InChI is InChI=1S/C28H28N/c1-28(2,3)27-20-25(23-15-9-5-10-16-23)19-26(24-17-11-6-12-18-24)29(27)21-22-13-7-4-8-14-22/h4-20H,21H2,1-3H3/q+1. The number of aromatic nitrogens is 1. The van der Waals surface area contributed by atoms with Crippen LogP contribution in [-0.4, -0.2) is 0 Å². The van der Waals surface area contributed by atoms with E-state index in [0.29, 0.717) is 0 Å². The lowest BCUT2D eigenvalue weighted by Crippen LogP contribution is -2.45. The lowest BCUT2D eigenvalue weighted by atomic mass is 9.88. The molecular weight excluding hydrogens is 350 g/mol. The van der Waals surface area contributed by atoms with Gasteiger partial charge in [-0.05, 0) is 23.3 Å². The minimum atomic E-state index is 0.0170. The van der Waals surface area contributed by atoms with Crippen LogP contribution in [0.1, 0.15) is 32.0 Å². The van der Waals surface area contributed by atoms with Crippen molar-refractivity contribution in [1.82, 2.24) is 0 Å². The van der Waals surface area contributed by atoms with E-state index in [2.05, 4.69) is 128 Å². The van der Waals surface area contributed by atoms with E-state index in [1.807, 2.05) is 0 Å². The molecule has 1 nitrogen and oxygen atoms in total. The Balaban J connectivity index is 1.98. The number of hydrogen-bond acceptors (Lipinski definition) is 0. The minimum absolute atomic E-state index is 0.0170. The summed E-state index contributed by atoms with van der Waals surface area (Å²) >= 11 is 0. The van der Waals surface area contributed by atoms with Crippen molar-refractivity contribution in [2.45, 2.75) is 32.7 Å². The van der Waals surface area contributed by atoms with Crippen molar-refractivity contribution >= 4 is 0 Å². The summed E-state index contributed by atoms with van der Waals surface area (Å²) in [5.41, 5.74) is 7.67. The number of hydrogen-bond donors (Lipinski definition) is 0. The maximum Gasteiger partial charge on any atom is 0.213 e. The van der Waals surface area contributed by atoms with Crippen molar-refractivity contribution < 1.29 is 4.57 Å². The molecule has 0 bridgehead atoms. The summed E-state index contributed by atoms with van der Waals surface area (Å²) in [5.74, 6) is 0. The van der Waals surface area contributed by atoms with Crippen LogP contribution in [0.3, 0.4) is 0 Å². The van der Waals surface area contributed by atoms with E-state index >= 15 is 0 Å². The first kappa shape index (κ1) is 19.1. The third-order valence-electron chi connectivity index (χ3n) is 5.29. The molecule has 1 heteroatoms. The molecule has 0 amide bonds. The van der Waals surface area contributed by atoms with Gasteiger partial charge in [0.2, 0.25) is 5.69 Å². The Labute approximate surface area is 174 Å². The second kappa shape index (κ2) is 8.05. The molecule has 29 heavy (non-hydrogen) atoms. The summed E-state index contributed by atoms with van der Waals surface area (Å²) in [7, 11) is 0. The molecule has 0 atom stereocenters. The van der Waals surface area contributed by atoms with Gasteiger partial charge in [-0.15, -0.1) is 0 Å². The van der Waals surface area contributed by atoms with E-state index in [0.717, 1.165) is 6.54 Å². The number of nitrogens with zero attached hydrogens (tertiary/aromatic N) is 1. The van der Waals surface area contributed by atoms with Crippen molar-refractivity contribution in [3.8, 4) is 22.4 Å². The Morgan fingerprint density at radius 1 is 0.586 bits per heavy atom. The molecule has 0 aliphatic heterocycles. The van der Waals surface area contributed by atoms with Gasteiger partial charge in [-0.25, -0.2) is 0 Å². The second-order valence-corrected chi connectivity index (χ2v) is 8.57. The van der Waals surface area contributed by atoms with Crippen molar-refractivity contribution in [2.75, 3.05) is 0 Å². The number of rotatable bonds is 4. The highest BCUT2D eigenvalue weighted by Gasteiger charge is 2.30. The highest BCUT2D eigenvalue weighted by atomic mass is 15.0. The molecule has 144 valence electrons. The Morgan fingerprint density at radius 3 is 1.66 bits per heavy atom. The van der Waals surface area contributed by atoms with E-state index in [1.54, 1.807) is 0 Å².